The number of aromatic amines is 1. The molecule has 26 heavy (non-hydrogen) atoms. The highest BCUT2D eigenvalue weighted by molar-refractivity contribution is 9.10. The van der Waals surface area contributed by atoms with E-state index in [-0.39, 0.29) is 18.4 Å². The SMILES string of the molecule is O=C(CC1CSc2cc(Br)cc3[nH]c(=O)c(=O)n1c23)Nc1ccccc1. The van der Waals surface area contributed by atoms with Gasteiger partial charge in [-0.3, -0.25) is 19.0 Å². The van der Waals surface area contributed by atoms with E-state index in [0.29, 0.717) is 22.5 Å². The van der Waals surface area contributed by atoms with Crippen molar-refractivity contribution in [1.82, 2.24) is 9.55 Å². The molecule has 2 N–H and O–H groups in total. The lowest BCUT2D eigenvalue weighted by molar-refractivity contribution is -0.116. The summed E-state index contributed by atoms with van der Waals surface area (Å²) in [7, 11) is 0. The number of carbonyl (C=O) groups is 1. The first-order valence-electron chi connectivity index (χ1n) is 7.99. The standard InChI is InChI=1S/C18H14BrN3O3S/c19-10-6-13-16-14(7-10)26-9-12(22(16)18(25)17(24)21-13)8-15(23)20-11-4-2-1-3-5-11/h1-7,12H,8-9H2,(H,20,23)(H,21,24). The van der Waals surface area contributed by atoms with Gasteiger partial charge < -0.3 is 10.3 Å². The maximum Gasteiger partial charge on any atom is 0.317 e. The second-order valence-electron chi connectivity index (χ2n) is 6.01. The van der Waals surface area contributed by atoms with Gasteiger partial charge in [-0.15, -0.1) is 11.8 Å². The molecule has 1 atom stereocenters. The number of H-pyrrole nitrogens is 1. The van der Waals surface area contributed by atoms with Gasteiger partial charge in [0, 0.05) is 27.2 Å². The van der Waals surface area contributed by atoms with Gasteiger partial charge >= 0.3 is 11.1 Å². The van der Waals surface area contributed by atoms with Crippen LogP contribution in [0.5, 0.6) is 0 Å². The second kappa shape index (κ2) is 6.77. The summed E-state index contributed by atoms with van der Waals surface area (Å²) in [5.74, 6) is 0.354. The van der Waals surface area contributed by atoms with Gasteiger partial charge in [-0.1, -0.05) is 34.1 Å². The molecule has 1 aromatic heterocycles. The van der Waals surface area contributed by atoms with Crippen molar-refractivity contribution in [2.75, 3.05) is 11.1 Å². The number of nitrogens with zero attached hydrogens (tertiary/aromatic N) is 1. The highest BCUT2D eigenvalue weighted by Crippen LogP contribution is 2.37. The third-order valence-corrected chi connectivity index (χ3v) is 5.85. The molecule has 2 heterocycles. The third kappa shape index (κ3) is 3.10. The summed E-state index contributed by atoms with van der Waals surface area (Å²) >= 11 is 5.00. The lowest BCUT2D eigenvalue weighted by Crippen LogP contribution is -2.41. The molecule has 0 saturated carbocycles. The minimum Gasteiger partial charge on any atom is -0.326 e. The van der Waals surface area contributed by atoms with Gasteiger partial charge in [-0.2, -0.15) is 0 Å². The Bertz CT molecular complexity index is 1120. The first-order valence-corrected chi connectivity index (χ1v) is 9.76. The third-order valence-electron chi connectivity index (χ3n) is 4.22. The normalized spacial score (nSPS) is 15.8. The van der Waals surface area contributed by atoms with Gasteiger partial charge in [0.1, 0.15) is 0 Å². The number of benzene rings is 2. The molecule has 0 spiro atoms. The molecule has 132 valence electrons. The number of anilines is 1. The van der Waals surface area contributed by atoms with Crippen LogP contribution in [0.1, 0.15) is 12.5 Å². The Kier molecular flexibility index (Phi) is 4.46. The van der Waals surface area contributed by atoms with E-state index in [1.165, 1.54) is 4.57 Å². The van der Waals surface area contributed by atoms with E-state index in [0.717, 1.165) is 9.37 Å². The average Bonchev–Trinajstić information content (AvgIpc) is 2.61. The molecule has 6 nitrogen and oxygen atoms in total. The zero-order valence-electron chi connectivity index (χ0n) is 13.5. The van der Waals surface area contributed by atoms with Crippen molar-refractivity contribution in [3.63, 3.8) is 0 Å². The number of carbonyl (C=O) groups excluding carboxylic acids is 1. The number of rotatable bonds is 3. The number of aromatic nitrogens is 2. The first-order chi connectivity index (χ1) is 12.5. The highest BCUT2D eigenvalue weighted by Gasteiger charge is 2.27. The molecule has 0 fully saturated rings. The predicted octanol–water partition coefficient (Wildman–Crippen LogP) is 3.13. The predicted molar refractivity (Wildman–Crippen MR) is 106 cm³/mol. The average molecular weight is 432 g/mol. The van der Waals surface area contributed by atoms with Crippen molar-refractivity contribution in [3.8, 4) is 0 Å². The van der Waals surface area contributed by atoms with Gasteiger partial charge in [-0.25, -0.2) is 0 Å². The summed E-state index contributed by atoms with van der Waals surface area (Å²) < 4.78 is 2.30. The Morgan fingerprint density at radius 1 is 1.27 bits per heavy atom. The molecule has 0 bridgehead atoms. The Morgan fingerprint density at radius 2 is 2.04 bits per heavy atom. The van der Waals surface area contributed by atoms with Crippen LogP contribution in [-0.4, -0.2) is 21.2 Å². The molecule has 4 rings (SSSR count). The van der Waals surface area contributed by atoms with Crippen molar-refractivity contribution in [2.45, 2.75) is 17.4 Å². The Morgan fingerprint density at radius 3 is 2.81 bits per heavy atom. The highest BCUT2D eigenvalue weighted by atomic mass is 79.9. The lowest BCUT2D eigenvalue weighted by Gasteiger charge is -2.26. The Balaban J connectivity index is 1.73. The molecule has 1 aliphatic heterocycles. The molecule has 0 radical (unpaired) electrons. The fraction of sp³-hybridized carbons (Fsp3) is 0.167. The van der Waals surface area contributed by atoms with Crippen molar-refractivity contribution < 1.29 is 4.79 Å². The Labute approximate surface area is 160 Å². The second-order valence-corrected chi connectivity index (χ2v) is 7.99. The van der Waals surface area contributed by atoms with E-state index in [4.69, 9.17) is 0 Å². The maximum atomic E-state index is 12.5. The van der Waals surface area contributed by atoms with Crippen LogP contribution in [0.4, 0.5) is 5.69 Å². The minimum absolute atomic E-state index is 0.121. The van der Waals surface area contributed by atoms with Crippen LogP contribution >= 0.6 is 27.7 Å². The number of para-hydroxylation sites is 1. The molecule has 1 aliphatic rings. The number of hydrogen-bond donors (Lipinski definition) is 2. The van der Waals surface area contributed by atoms with Crippen LogP contribution in [0.3, 0.4) is 0 Å². The Hall–Kier alpha value is -2.32. The van der Waals surface area contributed by atoms with Crippen LogP contribution in [0.2, 0.25) is 0 Å². The molecule has 0 saturated heterocycles. The zero-order valence-corrected chi connectivity index (χ0v) is 15.9. The van der Waals surface area contributed by atoms with Gasteiger partial charge in [-0.05, 0) is 24.3 Å². The molecular formula is C18H14BrN3O3S. The van der Waals surface area contributed by atoms with Gasteiger partial charge in [0.05, 0.1) is 17.1 Å². The maximum absolute atomic E-state index is 12.5. The minimum atomic E-state index is -0.679. The molecule has 0 aliphatic carbocycles. The first kappa shape index (κ1) is 17.1. The van der Waals surface area contributed by atoms with Crippen LogP contribution in [0.25, 0.3) is 11.0 Å². The van der Waals surface area contributed by atoms with Crippen molar-refractivity contribution in [2.24, 2.45) is 0 Å². The molecule has 8 heteroatoms. The van der Waals surface area contributed by atoms with Gasteiger partial charge in [0.2, 0.25) is 5.91 Å². The molecular weight excluding hydrogens is 418 g/mol. The number of amides is 1. The monoisotopic (exact) mass is 431 g/mol. The van der Waals surface area contributed by atoms with Crippen molar-refractivity contribution in [3.05, 3.63) is 67.6 Å². The van der Waals surface area contributed by atoms with Crippen LogP contribution < -0.4 is 16.4 Å². The van der Waals surface area contributed by atoms with E-state index in [1.54, 1.807) is 30.0 Å². The van der Waals surface area contributed by atoms with E-state index in [9.17, 15) is 14.4 Å². The smallest absolute Gasteiger partial charge is 0.317 e. The number of halogens is 1. The van der Waals surface area contributed by atoms with Crippen molar-refractivity contribution >= 4 is 50.3 Å². The van der Waals surface area contributed by atoms with Crippen molar-refractivity contribution in [1.29, 1.82) is 0 Å². The quantitative estimate of drug-likeness (QED) is 0.623. The van der Waals surface area contributed by atoms with E-state index < -0.39 is 11.1 Å². The fourth-order valence-corrected chi connectivity index (χ4v) is 4.92. The van der Waals surface area contributed by atoms with E-state index in [1.807, 2.05) is 24.3 Å². The van der Waals surface area contributed by atoms with E-state index >= 15 is 0 Å². The van der Waals surface area contributed by atoms with Crippen LogP contribution in [-0.2, 0) is 4.79 Å². The molecule has 2 aromatic carbocycles. The largest absolute Gasteiger partial charge is 0.326 e. The topological polar surface area (TPSA) is 84.0 Å². The summed E-state index contributed by atoms with van der Waals surface area (Å²) in [5, 5.41) is 2.83. The summed E-state index contributed by atoms with van der Waals surface area (Å²) in [6, 6.07) is 12.5. The van der Waals surface area contributed by atoms with E-state index in [2.05, 4.69) is 26.2 Å². The molecule has 1 amide bonds. The number of nitrogens with one attached hydrogen (secondary N) is 2. The summed E-state index contributed by atoms with van der Waals surface area (Å²) in [6.07, 6.45) is 0.121. The summed E-state index contributed by atoms with van der Waals surface area (Å²) in [6.45, 7) is 0. The van der Waals surface area contributed by atoms with Crippen LogP contribution in [0.15, 0.2) is 61.4 Å². The van der Waals surface area contributed by atoms with Crippen LogP contribution in [0, 0.1) is 0 Å². The number of hydrogen-bond acceptors (Lipinski definition) is 4. The molecule has 3 aromatic rings. The fourth-order valence-electron chi connectivity index (χ4n) is 3.12. The summed E-state index contributed by atoms with van der Waals surface area (Å²) in [5.41, 5.74) is 0.653. The van der Waals surface area contributed by atoms with Gasteiger partial charge in [0.15, 0.2) is 0 Å². The lowest BCUT2D eigenvalue weighted by atomic mass is 10.1. The number of thioether (sulfide) groups is 1. The molecule has 1 unspecified atom stereocenters. The van der Waals surface area contributed by atoms with Gasteiger partial charge in [0.25, 0.3) is 0 Å². The summed E-state index contributed by atoms with van der Waals surface area (Å²) in [4.78, 5) is 40.5. The zero-order chi connectivity index (χ0) is 18.3.